The van der Waals surface area contributed by atoms with E-state index in [2.05, 4.69) is 11.9 Å². The van der Waals surface area contributed by atoms with E-state index in [1.165, 1.54) is 0 Å². The van der Waals surface area contributed by atoms with Gasteiger partial charge in [0.15, 0.2) is 11.5 Å². The number of carbonyl (C=O) groups is 1. The van der Waals surface area contributed by atoms with Gasteiger partial charge in [0, 0.05) is 18.5 Å². The standard InChI is InChI=1S/C24H24N2O4/c1-3-5-11-26-19-7-6-8-21(28-12-4-2)18(19)14-20(26)24(27)25-15-17-9-10-22-23(13-17)30-16-29-22/h3-10,13-14H,2,11-12,15-16H2,1H3,(H,25,27). The monoisotopic (exact) mass is 404 g/mol. The zero-order chi connectivity index (χ0) is 20.9. The zero-order valence-electron chi connectivity index (χ0n) is 16.9. The van der Waals surface area contributed by atoms with Crippen LogP contribution < -0.4 is 19.5 Å². The van der Waals surface area contributed by atoms with Crippen molar-refractivity contribution in [3.8, 4) is 17.2 Å². The summed E-state index contributed by atoms with van der Waals surface area (Å²) < 4.78 is 18.5. The van der Waals surface area contributed by atoms with E-state index < -0.39 is 0 Å². The highest BCUT2D eigenvalue weighted by atomic mass is 16.7. The third-order valence-electron chi connectivity index (χ3n) is 4.91. The molecule has 1 N–H and O–H groups in total. The first-order valence-corrected chi connectivity index (χ1v) is 9.85. The highest BCUT2D eigenvalue weighted by Gasteiger charge is 2.18. The van der Waals surface area contributed by atoms with Crippen LogP contribution in [0.3, 0.4) is 0 Å². The molecule has 6 nitrogen and oxygen atoms in total. The van der Waals surface area contributed by atoms with Gasteiger partial charge < -0.3 is 24.1 Å². The Kier molecular flexibility index (Phi) is 5.75. The third kappa shape index (κ3) is 3.89. The Morgan fingerprint density at radius 1 is 1.23 bits per heavy atom. The maximum Gasteiger partial charge on any atom is 0.268 e. The Morgan fingerprint density at radius 2 is 2.10 bits per heavy atom. The van der Waals surface area contributed by atoms with Crippen LogP contribution in [-0.2, 0) is 13.1 Å². The minimum atomic E-state index is -0.150. The minimum absolute atomic E-state index is 0.150. The van der Waals surface area contributed by atoms with E-state index in [0.717, 1.165) is 28.0 Å². The molecule has 2 heterocycles. The molecule has 4 rings (SSSR count). The van der Waals surface area contributed by atoms with Gasteiger partial charge in [-0.15, -0.1) is 0 Å². The van der Waals surface area contributed by atoms with Gasteiger partial charge in [-0.1, -0.05) is 36.9 Å². The zero-order valence-corrected chi connectivity index (χ0v) is 16.9. The second-order valence-electron chi connectivity index (χ2n) is 6.87. The van der Waals surface area contributed by atoms with Gasteiger partial charge in [-0.25, -0.2) is 0 Å². The molecule has 1 aliphatic rings. The first kappa shape index (κ1) is 19.6. The van der Waals surface area contributed by atoms with Crippen molar-refractivity contribution < 1.29 is 19.0 Å². The summed E-state index contributed by atoms with van der Waals surface area (Å²) in [6.45, 7) is 7.28. The van der Waals surface area contributed by atoms with Gasteiger partial charge in [-0.3, -0.25) is 4.79 Å². The molecule has 0 saturated carbocycles. The number of amides is 1. The van der Waals surface area contributed by atoms with Crippen molar-refractivity contribution in [1.29, 1.82) is 0 Å². The Bertz CT molecular complexity index is 1110. The first-order valence-electron chi connectivity index (χ1n) is 9.85. The number of hydrogen-bond donors (Lipinski definition) is 1. The first-order chi connectivity index (χ1) is 14.7. The lowest BCUT2D eigenvalue weighted by molar-refractivity contribution is 0.0942. The number of fused-ring (bicyclic) bond motifs is 2. The van der Waals surface area contributed by atoms with E-state index in [4.69, 9.17) is 14.2 Å². The van der Waals surface area contributed by atoms with Gasteiger partial charge in [0.05, 0.1) is 5.52 Å². The van der Waals surface area contributed by atoms with E-state index in [1.807, 2.05) is 66.1 Å². The van der Waals surface area contributed by atoms with Crippen molar-refractivity contribution in [1.82, 2.24) is 9.88 Å². The van der Waals surface area contributed by atoms with Gasteiger partial charge in [-0.05, 0) is 42.8 Å². The van der Waals surface area contributed by atoms with Gasteiger partial charge in [0.2, 0.25) is 6.79 Å². The molecule has 1 aromatic heterocycles. The number of hydrogen-bond acceptors (Lipinski definition) is 4. The molecule has 6 heteroatoms. The largest absolute Gasteiger partial charge is 0.489 e. The van der Waals surface area contributed by atoms with Gasteiger partial charge >= 0.3 is 0 Å². The fraction of sp³-hybridized carbons (Fsp3) is 0.208. The SMILES string of the molecule is C=CCOc1cccc2c1cc(C(=O)NCc1ccc3c(c1)OCO3)n2CC=CC. The Hall–Kier alpha value is -3.67. The van der Waals surface area contributed by atoms with E-state index in [1.54, 1.807) is 6.08 Å². The number of allylic oxidation sites excluding steroid dienone is 2. The van der Waals surface area contributed by atoms with E-state index in [-0.39, 0.29) is 12.7 Å². The molecule has 0 bridgehead atoms. The maximum atomic E-state index is 13.1. The lowest BCUT2D eigenvalue weighted by Crippen LogP contribution is -2.25. The van der Waals surface area contributed by atoms with E-state index in [0.29, 0.717) is 31.1 Å². The normalized spacial score (nSPS) is 12.4. The number of aromatic nitrogens is 1. The summed E-state index contributed by atoms with van der Waals surface area (Å²) >= 11 is 0. The van der Waals surface area contributed by atoms with Crippen LogP contribution in [0, 0.1) is 0 Å². The van der Waals surface area contributed by atoms with Gasteiger partial charge in [0.25, 0.3) is 5.91 Å². The second kappa shape index (κ2) is 8.78. The van der Waals surface area contributed by atoms with Crippen LogP contribution >= 0.6 is 0 Å². The summed E-state index contributed by atoms with van der Waals surface area (Å²) in [5.74, 6) is 2.01. The van der Waals surface area contributed by atoms with Crippen molar-refractivity contribution in [3.63, 3.8) is 0 Å². The Balaban J connectivity index is 1.60. The summed E-state index contributed by atoms with van der Waals surface area (Å²) in [6.07, 6.45) is 5.69. The Morgan fingerprint density at radius 3 is 2.93 bits per heavy atom. The molecule has 0 spiro atoms. The summed E-state index contributed by atoms with van der Waals surface area (Å²) in [5, 5.41) is 3.91. The predicted octanol–water partition coefficient (Wildman–Crippen LogP) is 4.44. The number of carbonyl (C=O) groups excluding carboxylic acids is 1. The molecular weight excluding hydrogens is 380 g/mol. The molecule has 0 atom stereocenters. The number of benzene rings is 2. The van der Waals surface area contributed by atoms with Crippen molar-refractivity contribution in [2.75, 3.05) is 13.4 Å². The molecule has 30 heavy (non-hydrogen) atoms. The Labute approximate surface area is 175 Å². The molecule has 3 aromatic rings. The summed E-state index contributed by atoms with van der Waals surface area (Å²) in [6, 6.07) is 13.4. The smallest absolute Gasteiger partial charge is 0.268 e. The molecular formula is C24H24N2O4. The van der Waals surface area contributed by atoms with Gasteiger partial charge in [-0.2, -0.15) is 0 Å². The van der Waals surface area contributed by atoms with Crippen LogP contribution in [0.2, 0.25) is 0 Å². The number of nitrogens with one attached hydrogen (secondary N) is 1. The highest BCUT2D eigenvalue weighted by molar-refractivity contribution is 6.00. The van der Waals surface area contributed by atoms with Crippen LogP contribution in [0.25, 0.3) is 10.9 Å². The number of ether oxygens (including phenoxy) is 3. The molecule has 1 amide bonds. The van der Waals surface area contributed by atoms with Crippen LogP contribution in [-0.4, -0.2) is 23.9 Å². The molecule has 0 saturated heterocycles. The van der Waals surface area contributed by atoms with Crippen molar-refractivity contribution in [2.45, 2.75) is 20.0 Å². The lowest BCUT2D eigenvalue weighted by Gasteiger charge is -2.10. The third-order valence-corrected chi connectivity index (χ3v) is 4.91. The van der Waals surface area contributed by atoms with Crippen molar-refractivity contribution in [3.05, 3.63) is 78.5 Å². The topological polar surface area (TPSA) is 61.7 Å². The van der Waals surface area contributed by atoms with Crippen LogP contribution in [0.5, 0.6) is 17.2 Å². The lowest BCUT2D eigenvalue weighted by atomic mass is 10.2. The summed E-state index contributed by atoms with van der Waals surface area (Å²) in [7, 11) is 0. The average molecular weight is 404 g/mol. The molecule has 2 aromatic carbocycles. The van der Waals surface area contributed by atoms with Gasteiger partial charge in [0.1, 0.15) is 18.1 Å². The minimum Gasteiger partial charge on any atom is -0.489 e. The average Bonchev–Trinajstić information content (AvgIpc) is 3.38. The molecule has 0 aliphatic carbocycles. The maximum absolute atomic E-state index is 13.1. The van der Waals surface area contributed by atoms with Crippen LogP contribution in [0.4, 0.5) is 0 Å². The van der Waals surface area contributed by atoms with Crippen molar-refractivity contribution in [2.24, 2.45) is 0 Å². The van der Waals surface area contributed by atoms with Crippen LogP contribution in [0.1, 0.15) is 23.0 Å². The molecule has 0 fully saturated rings. The fourth-order valence-electron chi connectivity index (χ4n) is 3.45. The summed E-state index contributed by atoms with van der Waals surface area (Å²) in [4.78, 5) is 13.1. The highest BCUT2D eigenvalue weighted by Crippen LogP contribution is 2.33. The van der Waals surface area contributed by atoms with E-state index >= 15 is 0 Å². The van der Waals surface area contributed by atoms with Crippen molar-refractivity contribution >= 4 is 16.8 Å². The quantitative estimate of drug-likeness (QED) is 0.564. The molecule has 0 unspecified atom stereocenters. The summed E-state index contributed by atoms with van der Waals surface area (Å²) in [5.41, 5.74) is 2.47. The number of rotatable bonds is 8. The predicted molar refractivity (Wildman–Crippen MR) is 116 cm³/mol. The molecule has 0 radical (unpaired) electrons. The van der Waals surface area contributed by atoms with E-state index in [9.17, 15) is 4.79 Å². The fourth-order valence-corrected chi connectivity index (χ4v) is 3.45. The second-order valence-corrected chi connectivity index (χ2v) is 6.87. The number of nitrogens with zero attached hydrogens (tertiary/aromatic N) is 1. The molecule has 1 aliphatic heterocycles. The molecule has 154 valence electrons. The van der Waals surface area contributed by atoms with Crippen LogP contribution in [0.15, 0.2) is 67.3 Å².